The Hall–Kier alpha value is -2.49. The Kier molecular flexibility index (Phi) is 8.69. The van der Waals surface area contributed by atoms with E-state index >= 15 is 0 Å². The van der Waals surface area contributed by atoms with E-state index in [-0.39, 0.29) is 5.91 Å². The van der Waals surface area contributed by atoms with E-state index in [1.807, 2.05) is 56.3 Å². The molecule has 0 heterocycles. The molecule has 0 spiro atoms. The van der Waals surface area contributed by atoms with Gasteiger partial charge in [0.15, 0.2) is 6.10 Å². The molecule has 0 bridgehead atoms. The molecule has 1 amide bonds. The highest BCUT2D eigenvalue weighted by Crippen LogP contribution is 2.19. The van der Waals surface area contributed by atoms with Gasteiger partial charge in [-0.1, -0.05) is 49.7 Å². The highest BCUT2D eigenvalue weighted by molar-refractivity contribution is 5.81. The summed E-state index contributed by atoms with van der Waals surface area (Å²) < 4.78 is 11.6. The molecule has 1 unspecified atom stereocenters. The van der Waals surface area contributed by atoms with Gasteiger partial charge in [0.25, 0.3) is 5.91 Å². The van der Waals surface area contributed by atoms with Crippen LogP contribution < -0.4 is 14.8 Å². The maximum Gasteiger partial charge on any atom is 0.261 e. The van der Waals surface area contributed by atoms with Crippen LogP contribution in [0.3, 0.4) is 0 Å². The van der Waals surface area contributed by atoms with Gasteiger partial charge in [-0.15, -0.1) is 0 Å². The summed E-state index contributed by atoms with van der Waals surface area (Å²) in [5.41, 5.74) is 2.35. The first-order valence-corrected chi connectivity index (χ1v) is 9.85. The summed E-state index contributed by atoms with van der Waals surface area (Å²) in [6.45, 7) is 7.43. The fraction of sp³-hybridized carbons (Fsp3) is 0.435. The predicted molar refractivity (Wildman–Crippen MR) is 109 cm³/mol. The minimum atomic E-state index is -0.465. The van der Waals surface area contributed by atoms with Gasteiger partial charge >= 0.3 is 0 Å². The molecule has 2 rings (SSSR count). The second-order valence-electron chi connectivity index (χ2n) is 6.68. The van der Waals surface area contributed by atoms with Crippen LogP contribution in [0.2, 0.25) is 0 Å². The molecule has 0 aliphatic heterocycles. The largest absolute Gasteiger partial charge is 0.493 e. The van der Waals surface area contributed by atoms with Gasteiger partial charge in [0.2, 0.25) is 0 Å². The molecule has 4 nitrogen and oxygen atoms in total. The number of ether oxygens (including phenoxy) is 2. The molecule has 0 radical (unpaired) electrons. The van der Waals surface area contributed by atoms with Crippen molar-refractivity contribution in [2.24, 2.45) is 0 Å². The third kappa shape index (κ3) is 6.97. The molecular formula is C23H31NO3. The van der Waals surface area contributed by atoms with E-state index in [9.17, 15) is 4.79 Å². The lowest BCUT2D eigenvalue weighted by Gasteiger charge is -2.17. The Morgan fingerprint density at radius 2 is 1.81 bits per heavy atom. The normalized spacial score (nSPS) is 11.7. The van der Waals surface area contributed by atoms with Crippen molar-refractivity contribution in [2.75, 3.05) is 13.2 Å². The summed E-state index contributed by atoms with van der Waals surface area (Å²) in [5.74, 6) is 1.61. The van der Waals surface area contributed by atoms with E-state index in [0.717, 1.165) is 37.4 Å². The van der Waals surface area contributed by atoms with Gasteiger partial charge in [0, 0.05) is 6.54 Å². The molecule has 0 aromatic heterocycles. The van der Waals surface area contributed by atoms with Crippen molar-refractivity contribution < 1.29 is 14.3 Å². The zero-order chi connectivity index (χ0) is 19.5. The lowest BCUT2D eigenvalue weighted by atomic mass is 10.1. The molecule has 2 aromatic carbocycles. The Bertz CT molecular complexity index is 697. The quantitative estimate of drug-likeness (QED) is 0.585. The van der Waals surface area contributed by atoms with Crippen molar-refractivity contribution in [1.82, 2.24) is 5.32 Å². The van der Waals surface area contributed by atoms with Crippen LogP contribution in [-0.4, -0.2) is 25.2 Å². The summed E-state index contributed by atoms with van der Waals surface area (Å²) in [6, 6.07) is 15.9. The van der Waals surface area contributed by atoms with Gasteiger partial charge in [-0.3, -0.25) is 4.79 Å². The molecule has 2 aromatic rings. The molecule has 1 atom stereocenters. The van der Waals surface area contributed by atoms with Gasteiger partial charge in [-0.2, -0.15) is 0 Å². The van der Waals surface area contributed by atoms with Crippen LogP contribution in [0.15, 0.2) is 48.5 Å². The van der Waals surface area contributed by atoms with Crippen molar-refractivity contribution >= 4 is 5.91 Å². The van der Waals surface area contributed by atoms with Crippen LogP contribution >= 0.6 is 0 Å². The highest BCUT2D eigenvalue weighted by Gasteiger charge is 2.17. The molecule has 4 heteroatoms. The number of amides is 1. The fourth-order valence-corrected chi connectivity index (χ4v) is 2.77. The minimum Gasteiger partial charge on any atom is -0.493 e. The molecule has 0 saturated heterocycles. The van der Waals surface area contributed by atoms with Gasteiger partial charge in [0.05, 0.1) is 6.61 Å². The SMILES string of the molecule is CCCOc1ccccc1CCCNC(=O)C(CC)Oc1ccc(C)cc1. The Balaban J connectivity index is 1.78. The predicted octanol–water partition coefficient (Wildman–Crippen LogP) is 4.69. The molecule has 0 aliphatic carbocycles. The molecule has 0 saturated carbocycles. The Labute approximate surface area is 162 Å². The zero-order valence-electron chi connectivity index (χ0n) is 16.7. The van der Waals surface area contributed by atoms with Crippen molar-refractivity contribution in [3.8, 4) is 11.5 Å². The van der Waals surface area contributed by atoms with Crippen LogP contribution in [0.25, 0.3) is 0 Å². The Morgan fingerprint density at radius 1 is 1.07 bits per heavy atom. The fourth-order valence-electron chi connectivity index (χ4n) is 2.77. The summed E-state index contributed by atoms with van der Waals surface area (Å²) >= 11 is 0. The topological polar surface area (TPSA) is 47.6 Å². The van der Waals surface area contributed by atoms with Crippen LogP contribution in [-0.2, 0) is 11.2 Å². The lowest BCUT2D eigenvalue weighted by Crippen LogP contribution is -2.38. The average molecular weight is 370 g/mol. The number of carbonyl (C=O) groups excluding carboxylic acids is 1. The van der Waals surface area contributed by atoms with E-state index in [0.29, 0.717) is 13.0 Å². The van der Waals surface area contributed by atoms with E-state index in [2.05, 4.69) is 18.3 Å². The standard InChI is InChI=1S/C23H31NO3/c1-4-17-26-22-11-7-6-9-19(22)10-8-16-24-23(25)21(5-2)27-20-14-12-18(3)13-15-20/h6-7,9,11-15,21H,4-5,8,10,16-17H2,1-3H3,(H,24,25). The number of rotatable bonds is 11. The van der Waals surface area contributed by atoms with E-state index < -0.39 is 6.10 Å². The van der Waals surface area contributed by atoms with Gasteiger partial charge in [0.1, 0.15) is 11.5 Å². The van der Waals surface area contributed by atoms with E-state index in [1.54, 1.807) is 0 Å². The van der Waals surface area contributed by atoms with Crippen molar-refractivity contribution in [3.05, 3.63) is 59.7 Å². The number of aryl methyl sites for hydroxylation is 2. The van der Waals surface area contributed by atoms with Crippen LogP contribution in [0.1, 0.15) is 44.2 Å². The molecule has 0 aliphatic rings. The van der Waals surface area contributed by atoms with E-state index in [1.165, 1.54) is 11.1 Å². The lowest BCUT2D eigenvalue weighted by molar-refractivity contribution is -0.128. The summed E-state index contributed by atoms with van der Waals surface area (Å²) in [4.78, 5) is 12.4. The second kappa shape index (κ2) is 11.3. The third-order valence-electron chi connectivity index (χ3n) is 4.32. The van der Waals surface area contributed by atoms with Gasteiger partial charge < -0.3 is 14.8 Å². The first-order valence-electron chi connectivity index (χ1n) is 9.85. The van der Waals surface area contributed by atoms with Crippen molar-refractivity contribution in [1.29, 1.82) is 0 Å². The smallest absolute Gasteiger partial charge is 0.261 e. The number of carbonyl (C=O) groups is 1. The number of hydrogen-bond donors (Lipinski definition) is 1. The first-order chi connectivity index (χ1) is 13.1. The molecule has 146 valence electrons. The second-order valence-corrected chi connectivity index (χ2v) is 6.68. The van der Waals surface area contributed by atoms with Gasteiger partial charge in [-0.05, 0) is 56.4 Å². The van der Waals surface area contributed by atoms with Gasteiger partial charge in [-0.25, -0.2) is 0 Å². The molecule has 1 N–H and O–H groups in total. The van der Waals surface area contributed by atoms with Crippen LogP contribution in [0.4, 0.5) is 0 Å². The summed E-state index contributed by atoms with van der Waals surface area (Å²) in [6.07, 6.45) is 2.89. The zero-order valence-corrected chi connectivity index (χ0v) is 16.7. The third-order valence-corrected chi connectivity index (χ3v) is 4.32. The minimum absolute atomic E-state index is 0.0615. The number of nitrogens with one attached hydrogen (secondary N) is 1. The summed E-state index contributed by atoms with van der Waals surface area (Å²) in [7, 11) is 0. The Morgan fingerprint density at radius 3 is 2.52 bits per heavy atom. The first kappa shape index (κ1) is 20.8. The number of hydrogen-bond acceptors (Lipinski definition) is 3. The maximum atomic E-state index is 12.4. The molecule has 0 fully saturated rings. The number of para-hydroxylation sites is 1. The summed E-state index contributed by atoms with van der Waals surface area (Å²) in [5, 5.41) is 2.99. The maximum absolute atomic E-state index is 12.4. The monoisotopic (exact) mass is 369 g/mol. The van der Waals surface area contributed by atoms with Crippen LogP contribution in [0, 0.1) is 6.92 Å². The average Bonchev–Trinajstić information content (AvgIpc) is 2.69. The number of benzene rings is 2. The molecular weight excluding hydrogens is 338 g/mol. The highest BCUT2D eigenvalue weighted by atomic mass is 16.5. The van der Waals surface area contributed by atoms with Crippen molar-refractivity contribution in [2.45, 2.75) is 52.6 Å². The van der Waals surface area contributed by atoms with Crippen molar-refractivity contribution in [3.63, 3.8) is 0 Å². The van der Waals surface area contributed by atoms with Crippen LogP contribution in [0.5, 0.6) is 11.5 Å². The van der Waals surface area contributed by atoms with E-state index in [4.69, 9.17) is 9.47 Å². The molecule has 27 heavy (non-hydrogen) atoms.